The van der Waals surface area contributed by atoms with Gasteiger partial charge in [-0.15, -0.1) is 0 Å². The summed E-state index contributed by atoms with van der Waals surface area (Å²) < 4.78 is 48.3. The molecule has 2 aliphatic heterocycles. The lowest BCUT2D eigenvalue weighted by Gasteiger charge is -2.48. The molecule has 9 nitrogen and oxygen atoms in total. The van der Waals surface area contributed by atoms with E-state index in [-0.39, 0.29) is 45.1 Å². The van der Waals surface area contributed by atoms with Crippen LogP contribution in [-0.4, -0.2) is 97.6 Å². The lowest BCUT2D eigenvalue weighted by molar-refractivity contribution is -0.178. The Kier molecular flexibility index (Phi) is 8.98. The van der Waals surface area contributed by atoms with Crippen LogP contribution in [0, 0.1) is 12.0 Å². The molecule has 6 rings (SSSR count). The molecule has 1 aromatic heterocycles. The molecule has 3 aromatic rings. The van der Waals surface area contributed by atoms with E-state index in [0.29, 0.717) is 43.4 Å². The second kappa shape index (κ2) is 12.8. The Bertz CT molecular complexity index is 1730. The van der Waals surface area contributed by atoms with Crippen molar-refractivity contribution in [3.8, 4) is 6.01 Å². The molecule has 1 atom stereocenters. The summed E-state index contributed by atoms with van der Waals surface area (Å²) in [5, 5.41) is 2.61. The van der Waals surface area contributed by atoms with E-state index in [9.17, 15) is 18.0 Å². The minimum absolute atomic E-state index is 0.0109. The molecule has 0 unspecified atom stereocenters. The number of anilines is 2. The van der Waals surface area contributed by atoms with Crippen molar-refractivity contribution in [1.82, 2.24) is 19.8 Å². The van der Waals surface area contributed by atoms with Gasteiger partial charge in [0.1, 0.15) is 11.9 Å². The summed E-state index contributed by atoms with van der Waals surface area (Å²) in [5.41, 5.74) is 1.88. The van der Waals surface area contributed by atoms with Crippen LogP contribution in [0.25, 0.3) is 15.6 Å². The van der Waals surface area contributed by atoms with Crippen molar-refractivity contribution < 1.29 is 22.7 Å². The molecule has 13 heteroatoms. The monoisotopic (exact) mass is 667 g/mol. The molecule has 0 N–H and O–H groups in total. The van der Waals surface area contributed by atoms with E-state index in [1.54, 1.807) is 0 Å². The Morgan fingerprint density at radius 2 is 1.89 bits per heavy atom. The predicted molar refractivity (Wildman–Crippen MR) is 176 cm³/mol. The third-order valence-electron chi connectivity index (χ3n) is 9.20. The molecular formula is C34H37ClF3N7O2. The molecular weight excluding hydrogens is 631 g/mol. The van der Waals surface area contributed by atoms with Gasteiger partial charge in [-0.1, -0.05) is 42.4 Å². The van der Waals surface area contributed by atoms with Crippen molar-refractivity contribution in [3.63, 3.8) is 0 Å². The molecule has 1 saturated heterocycles. The molecule has 0 bridgehead atoms. The van der Waals surface area contributed by atoms with Gasteiger partial charge in [0, 0.05) is 67.6 Å². The standard InChI is InChI=1S/C34H37ClF3N7O2/c1-22(36)31(46)45-14-13-44(16-24(45)15-39-2)30-25-11-12-43(28-10-6-8-23-7-5-9-26(35)29(23)28)17-27(25)40-32(41-30)47-21-33(20-42(3)4)18-34(37,38)19-33/h5-10,24H,1,11-21H2,3-4H3/t24-/m0/s1. The van der Waals surface area contributed by atoms with Gasteiger partial charge in [-0.05, 0) is 38.0 Å². The number of amides is 1. The first-order valence-corrected chi connectivity index (χ1v) is 16.0. The van der Waals surface area contributed by atoms with Gasteiger partial charge in [0.2, 0.25) is 12.5 Å². The van der Waals surface area contributed by atoms with E-state index >= 15 is 0 Å². The molecule has 2 aromatic carbocycles. The van der Waals surface area contributed by atoms with Gasteiger partial charge in [-0.25, -0.2) is 19.7 Å². The quantitative estimate of drug-likeness (QED) is 0.217. The summed E-state index contributed by atoms with van der Waals surface area (Å²) in [6.45, 7) is 12.9. The normalized spacial score (nSPS) is 20.0. The van der Waals surface area contributed by atoms with Crippen molar-refractivity contribution in [2.45, 2.75) is 37.8 Å². The van der Waals surface area contributed by atoms with E-state index in [0.717, 1.165) is 27.7 Å². The number of aromatic nitrogens is 2. The first-order valence-electron chi connectivity index (χ1n) is 15.6. The maximum Gasteiger partial charge on any atom is 0.318 e. The van der Waals surface area contributed by atoms with Crippen LogP contribution in [0.1, 0.15) is 24.1 Å². The van der Waals surface area contributed by atoms with E-state index in [2.05, 4.69) is 16.3 Å². The highest BCUT2D eigenvalue weighted by Gasteiger charge is 2.57. The first kappa shape index (κ1) is 32.8. The molecule has 3 heterocycles. The number of carbonyl (C=O) groups excluding carboxylic acids is 1. The van der Waals surface area contributed by atoms with Crippen LogP contribution in [0.2, 0.25) is 5.02 Å². The summed E-state index contributed by atoms with van der Waals surface area (Å²) in [5.74, 6) is -4.01. The van der Waals surface area contributed by atoms with Crippen molar-refractivity contribution in [2.24, 2.45) is 5.41 Å². The van der Waals surface area contributed by atoms with Crippen molar-refractivity contribution in [3.05, 3.63) is 76.5 Å². The predicted octanol–water partition coefficient (Wildman–Crippen LogP) is 5.62. The van der Waals surface area contributed by atoms with Gasteiger partial charge in [0.15, 0.2) is 5.83 Å². The largest absolute Gasteiger partial charge is 0.463 e. The van der Waals surface area contributed by atoms with E-state index < -0.39 is 29.1 Å². The minimum atomic E-state index is -2.73. The number of ether oxygens (including phenoxy) is 1. The number of alkyl halides is 2. The van der Waals surface area contributed by atoms with E-state index in [1.807, 2.05) is 60.3 Å². The van der Waals surface area contributed by atoms with Crippen LogP contribution in [0.4, 0.5) is 24.7 Å². The number of benzene rings is 2. The minimum Gasteiger partial charge on any atom is -0.463 e. The molecule has 1 saturated carbocycles. The van der Waals surface area contributed by atoms with E-state index in [1.165, 1.54) is 4.90 Å². The number of fused-ring (bicyclic) bond motifs is 2. The number of nitrogens with zero attached hydrogens (tertiary/aromatic N) is 7. The average molecular weight is 668 g/mol. The lowest BCUT2D eigenvalue weighted by atomic mass is 9.66. The van der Waals surface area contributed by atoms with Crippen molar-refractivity contribution >= 4 is 39.8 Å². The summed E-state index contributed by atoms with van der Waals surface area (Å²) in [6, 6.07) is 11.4. The topological polar surface area (TPSA) is 69.4 Å². The second-order valence-corrected chi connectivity index (χ2v) is 13.5. The van der Waals surface area contributed by atoms with Gasteiger partial charge in [0.25, 0.3) is 5.91 Å². The fraction of sp³-hybridized carbons (Fsp3) is 0.471. The summed E-state index contributed by atoms with van der Waals surface area (Å²) in [7, 11) is 3.70. The van der Waals surface area contributed by atoms with Gasteiger partial charge in [-0.3, -0.25) is 4.79 Å². The zero-order valence-corrected chi connectivity index (χ0v) is 27.2. The van der Waals surface area contributed by atoms with Crippen LogP contribution in [0.15, 0.2) is 48.8 Å². The SMILES string of the molecule is [C-]#[N+]C[C@H]1CN(c2nc(OCC3(CN(C)C)CC(F)(F)C3)nc3c2CCN(c2cccc4cccc(Cl)c24)C3)CCN1C(=O)C(=C)F. The molecule has 47 heavy (non-hydrogen) atoms. The molecule has 248 valence electrons. The van der Waals surface area contributed by atoms with E-state index in [4.69, 9.17) is 32.9 Å². The number of hydrogen-bond acceptors (Lipinski definition) is 7. The molecule has 2 fully saturated rings. The summed E-state index contributed by atoms with van der Waals surface area (Å²) in [6.07, 6.45) is 0.0377. The zero-order valence-electron chi connectivity index (χ0n) is 26.5. The highest BCUT2D eigenvalue weighted by atomic mass is 35.5. The molecule has 1 aliphatic carbocycles. The van der Waals surface area contributed by atoms with Gasteiger partial charge in [-0.2, -0.15) is 9.97 Å². The lowest BCUT2D eigenvalue weighted by Crippen LogP contribution is -2.57. The smallest absolute Gasteiger partial charge is 0.318 e. The number of rotatable bonds is 9. The Labute approximate surface area is 277 Å². The average Bonchev–Trinajstić information content (AvgIpc) is 3.01. The second-order valence-electron chi connectivity index (χ2n) is 13.1. The van der Waals surface area contributed by atoms with Crippen LogP contribution >= 0.6 is 11.6 Å². The Morgan fingerprint density at radius 3 is 2.57 bits per heavy atom. The third kappa shape index (κ3) is 6.69. The Balaban J connectivity index is 1.35. The fourth-order valence-electron chi connectivity index (χ4n) is 7.39. The van der Waals surface area contributed by atoms with Crippen LogP contribution in [0.5, 0.6) is 6.01 Å². The molecule has 3 aliphatic rings. The highest BCUT2D eigenvalue weighted by Crippen LogP contribution is 2.52. The molecule has 0 radical (unpaired) electrons. The van der Waals surface area contributed by atoms with Crippen LogP contribution in [0.3, 0.4) is 0 Å². The molecule has 0 spiro atoms. The van der Waals surface area contributed by atoms with Gasteiger partial charge < -0.3 is 29.2 Å². The van der Waals surface area contributed by atoms with Crippen LogP contribution in [-0.2, 0) is 17.8 Å². The summed E-state index contributed by atoms with van der Waals surface area (Å²) in [4.78, 5) is 33.2. The van der Waals surface area contributed by atoms with Crippen molar-refractivity contribution in [2.75, 3.05) is 69.8 Å². The Morgan fingerprint density at radius 1 is 1.15 bits per heavy atom. The molecule has 1 amide bonds. The number of hydrogen-bond donors (Lipinski definition) is 0. The zero-order chi connectivity index (χ0) is 33.5. The maximum absolute atomic E-state index is 14.1. The first-order chi connectivity index (χ1) is 22.4. The number of carbonyl (C=O) groups is 1. The third-order valence-corrected chi connectivity index (χ3v) is 9.51. The van der Waals surface area contributed by atoms with Gasteiger partial charge in [0.05, 0.1) is 23.9 Å². The number of piperazine rings is 1. The fourth-order valence-corrected chi connectivity index (χ4v) is 7.66. The van der Waals surface area contributed by atoms with Crippen molar-refractivity contribution in [1.29, 1.82) is 0 Å². The Hall–Kier alpha value is -4.08. The number of halogens is 4. The van der Waals surface area contributed by atoms with Crippen LogP contribution < -0.4 is 14.5 Å². The van der Waals surface area contributed by atoms with Gasteiger partial charge >= 0.3 is 6.01 Å². The summed E-state index contributed by atoms with van der Waals surface area (Å²) >= 11 is 6.67. The highest BCUT2D eigenvalue weighted by molar-refractivity contribution is 6.36. The maximum atomic E-state index is 14.1.